The van der Waals surface area contributed by atoms with Crippen molar-refractivity contribution in [1.29, 1.82) is 0 Å². The van der Waals surface area contributed by atoms with Crippen molar-refractivity contribution >= 4 is 11.7 Å². The summed E-state index contributed by atoms with van der Waals surface area (Å²) in [7, 11) is 1.16. The van der Waals surface area contributed by atoms with Gasteiger partial charge in [0.1, 0.15) is 17.5 Å². The Bertz CT molecular complexity index is 624. The third-order valence-corrected chi connectivity index (χ3v) is 2.81. The van der Waals surface area contributed by atoms with Gasteiger partial charge in [-0.1, -0.05) is 0 Å². The van der Waals surface area contributed by atoms with Crippen LogP contribution in [0, 0.1) is 17.5 Å². The molecule has 3 nitrogen and oxygen atoms in total. The summed E-state index contributed by atoms with van der Waals surface area (Å²) in [5.74, 6) is -2.77. The normalized spacial score (nSPS) is 11.8. The van der Waals surface area contributed by atoms with Crippen LogP contribution in [0.5, 0.6) is 0 Å². The van der Waals surface area contributed by atoms with Gasteiger partial charge in [-0.25, -0.2) is 18.0 Å². The SMILES string of the molecule is COC(=O)C(Nc1ccc(F)cc1)c1cc(F)cc(F)c1. The van der Waals surface area contributed by atoms with Gasteiger partial charge in [0.2, 0.25) is 0 Å². The Hall–Kier alpha value is -2.50. The highest BCUT2D eigenvalue weighted by Gasteiger charge is 2.22. The standard InChI is InChI=1S/C15H12F3NO2/c1-21-15(20)14(9-6-11(17)8-12(18)7-9)19-13-4-2-10(16)3-5-13/h2-8,14,19H,1H3. The van der Waals surface area contributed by atoms with Crippen LogP contribution in [0.25, 0.3) is 0 Å². The van der Waals surface area contributed by atoms with Gasteiger partial charge in [0, 0.05) is 11.8 Å². The maximum atomic E-state index is 13.3. The number of rotatable bonds is 4. The van der Waals surface area contributed by atoms with Gasteiger partial charge < -0.3 is 10.1 Å². The van der Waals surface area contributed by atoms with E-state index in [1.165, 1.54) is 24.3 Å². The van der Waals surface area contributed by atoms with Crippen LogP contribution < -0.4 is 5.32 Å². The number of halogens is 3. The molecule has 6 heteroatoms. The topological polar surface area (TPSA) is 38.3 Å². The molecule has 0 spiro atoms. The van der Waals surface area contributed by atoms with Gasteiger partial charge in [0.05, 0.1) is 7.11 Å². The second kappa shape index (κ2) is 6.30. The molecule has 2 rings (SSSR count). The van der Waals surface area contributed by atoms with E-state index in [0.717, 1.165) is 19.2 Å². The molecule has 0 heterocycles. The van der Waals surface area contributed by atoms with Crippen molar-refractivity contribution < 1.29 is 22.7 Å². The minimum atomic E-state index is -1.11. The van der Waals surface area contributed by atoms with Crippen LogP contribution in [-0.2, 0) is 9.53 Å². The van der Waals surface area contributed by atoms with E-state index in [9.17, 15) is 18.0 Å². The van der Waals surface area contributed by atoms with E-state index in [2.05, 4.69) is 10.1 Å². The largest absolute Gasteiger partial charge is 0.467 e. The number of carbonyl (C=O) groups excluding carboxylic acids is 1. The van der Waals surface area contributed by atoms with Crippen molar-refractivity contribution in [3.63, 3.8) is 0 Å². The number of anilines is 1. The molecule has 0 aromatic heterocycles. The molecule has 0 aliphatic rings. The van der Waals surface area contributed by atoms with Crippen molar-refractivity contribution in [3.05, 3.63) is 65.5 Å². The summed E-state index contributed by atoms with van der Waals surface area (Å²) >= 11 is 0. The fraction of sp³-hybridized carbons (Fsp3) is 0.133. The van der Waals surface area contributed by atoms with Crippen molar-refractivity contribution in [2.24, 2.45) is 0 Å². The molecule has 21 heavy (non-hydrogen) atoms. The van der Waals surface area contributed by atoms with Gasteiger partial charge in [-0.3, -0.25) is 0 Å². The average Bonchev–Trinajstić information content (AvgIpc) is 2.44. The summed E-state index contributed by atoms with van der Waals surface area (Å²) < 4.78 is 44.0. The zero-order valence-corrected chi connectivity index (χ0v) is 11.1. The second-order valence-corrected chi connectivity index (χ2v) is 4.31. The predicted octanol–water partition coefficient (Wildman–Crippen LogP) is 3.43. The summed E-state index contributed by atoms with van der Waals surface area (Å²) in [5, 5.41) is 2.75. The lowest BCUT2D eigenvalue weighted by molar-refractivity contribution is -0.141. The Morgan fingerprint density at radius 1 is 1.00 bits per heavy atom. The molecule has 0 amide bonds. The molecule has 0 saturated heterocycles. The van der Waals surface area contributed by atoms with E-state index in [1.807, 2.05) is 0 Å². The van der Waals surface area contributed by atoms with Crippen LogP contribution in [0.1, 0.15) is 11.6 Å². The number of hydrogen-bond acceptors (Lipinski definition) is 3. The molecule has 2 aromatic rings. The lowest BCUT2D eigenvalue weighted by Crippen LogP contribution is -2.22. The van der Waals surface area contributed by atoms with Crippen LogP contribution in [0.4, 0.5) is 18.9 Å². The zero-order chi connectivity index (χ0) is 15.4. The van der Waals surface area contributed by atoms with Crippen molar-refractivity contribution in [1.82, 2.24) is 0 Å². The first-order valence-corrected chi connectivity index (χ1v) is 6.05. The first-order chi connectivity index (χ1) is 9.99. The fourth-order valence-electron chi connectivity index (χ4n) is 1.85. The van der Waals surface area contributed by atoms with E-state index in [0.29, 0.717) is 11.8 Å². The minimum absolute atomic E-state index is 0.0728. The highest BCUT2D eigenvalue weighted by Crippen LogP contribution is 2.23. The van der Waals surface area contributed by atoms with Crippen LogP contribution in [0.2, 0.25) is 0 Å². The molecule has 1 N–H and O–H groups in total. The van der Waals surface area contributed by atoms with Crippen molar-refractivity contribution in [2.45, 2.75) is 6.04 Å². The van der Waals surface area contributed by atoms with Gasteiger partial charge in [-0.15, -0.1) is 0 Å². The maximum absolute atomic E-state index is 13.3. The van der Waals surface area contributed by atoms with Crippen LogP contribution in [0.15, 0.2) is 42.5 Å². The maximum Gasteiger partial charge on any atom is 0.332 e. The molecule has 1 atom stereocenters. The molecular formula is C15H12F3NO2. The van der Waals surface area contributed by atoms with Crippen molar-refractivity contribution in [2.75, 3.05) is 12.4 Å². The molecule has 0 aliphatic heterocycles. The number of esters is 1. The minimum Gasteiger partial charge on any atom is -0.467 e. The number of hydrogen-bond donors (Lipinski definition) is 1. The molecule has 0 fully saturated rings. The van der Waals surface area contributed by atoms with E-state index in [-0.39, 0.29) is 5.56 Å². The van der Waals surface area contributed by atoms with Crippen LogP contribution >= 0.6 is 0 Å². The number of methoxy groups -OCH3 is 1. The Labute approximate surface area is 119 Å². The predicted molar refractivity (Wildman–Crippen MR) is 71.1 cm³/mol. The van der Waals surface area contributed by atoms with E-state index >= 15 is 0 Å². The van der Waals surface area contributed by atoms with E-state index in [1.54, 1.807) is 0 Å². The number of benzene rings is 2. The summed E-state index contributed by atoms with van der Waals surface area (Å²) in [6.45, 7) is 0. The third-order valence-electron chi connectivity index (χ3n) is 2.81. The summed E-state index contributed by atoms with van der Waals surface area (Å²) in [6.07, 6.45) is 0. The number of carbonyl (C=O) groups is 1. The molecule has 0 radical (unpaired) electrons. The summed E-state index contributed by atoms with van der Waals surface area (Å²) in [5.41, 5.74) is 0.486. The Kier molecular flexibility index (Phi) is 4.47. The van der Waals surface area contributed by atoms with Gasteiger partial charge in [0.15, 0.2) is 6.04 Å². The first-order valence-electron chi connectivity index (χ1n) is 6.05. The second-order valence-electron chi connectivity index (χ2n) is 4.31. The van der Waals surface area contributed by atoms with Gasteiger partial charge in [-0.05, 0) is 42.0 Å². The molecule has 0 aliphatic carbocycles. The smallest absolute Gasteiger partial charge is 0.332 e. The lowest BCUT2D eigenvalue weighted by Gasteiger charge is -2.18. The third kappa shape index (κ3) is 3.75. The number of ether oxygens (including phenoxy) is 1. The average molecular weight is 295 g/mol. The monoisotopic (exact) mass is 295 g/mol. The molecule has 0 saturated carbocycles. The van der Waals surface area contributed by atoms with Gasteiger partial charge >= 0.3 is 5.97 Å². The van der Waals surface area contributed by atoms with Gasteiger partial charge in [-0.2, -0.15) is 0 Å². The highest BCUT2D eigenvalue weighted by molar-refractivity contribution is 5.81. The van der Waals surface area contributed by atoms with E-state index < -0.39 is 29.5 Å². The molecule has 1 unspecified atom stereocenters. The molecule has 110 valence electrons. The van der Waals surface area contributed by atoms with Crippen LogP contribution in [0.3, 0.4) is 0 Å². The summed E-state index contributed by atoms with van der Waals surface area (Å²) in [6, 6.07) is 6.86. The fourth-order valence-corrected chi connectivity index (χ4v) is 1.85. The molecular weight excluding hydrogens is 283 g/mol. The summed E-state index contributed by atoms with van der Waals surface area (Å²) in [4.78, 5) is 11.8. The Balaban J connectivity index is 2.34. The van der Waals surface area contributed by atoms with E-state index in [4.69, 9.17) is 0 Å². The quantitative estimate of drug-likeness (QED) is 0.878. The van der Waals surface area contributed by atoms with Crippen molar-refractivity contribution in [3.8, 4) is 0 Å². The molecule has 2 aromatic carbocycles. The highest BCUT2D eigenvalue weighted by atomic mass is 19.1. The zero-order valence-electron chi connectivity index (χ0n) is 11.1. The Morgan fingerprint density at radius 2 is 1.57 bits per heavy atom. The van der Waals surface area contributed by atoms with Gasteiger partial charge in [0.25, 0.3) is 0 Å². The number of nitrogens with one attached hydrogen (secondary N) is 1. The molecule has 0 bridgehead atoms. The lowest BCUT2D eigenvalue weighted by atomic mass is 10.1. The van der Waals surface area contributed by atoms with Crippen LogP contribution in [-0.4, -0.2) is 13.1 Å². The first kappa shape index (κ1) is 14.9. The Morgan fingerprint density at radius 3 is 2.10 bits per heavy atom.